The molecular weight excluding hydrogens is 232 g/mol. The Bertz CT molecular complexity index is 424. The Morgan fingerprint density at radius 1 is 1.59 bits per heavy atom. The fraction of sp³-hybridized carbons (Fsp3) is 0.400. The first kappa shape index (κ1) is 13.3. The maximum Gasteiger partial charge on any atom is 0.309 e. The van der Waals surface area contributed by atoms with E-state index in [1.54, 1.807) is 0 Å². The maximum absolute atomic E-state index is 12.8. The van der Waals surface area contributed by atoms with Gasteiger partial charge in [0.15, 0.2) is 0 Å². The number of carbonyl (C=O) groups is 1. The summed E-state index contributed by atoms with van der Waals surface area (Å²) in [5, 5.41) is 0. The summed E-state index contributed by atoms with van der Waals surface area (Å²) >= 11 is 0. The number of carbonyl (C=O) groups excluding carboxylic acids is 1. The van der Waals surface area contributed by atoms with E-state index < -0.39 is 18.0 Å². The Labute approximate surface area is 96.8 Å². The minimum Gasteiger partial charge on any atom is -0.469 e. The second-order valence-electron chi connectivity index (χ2n) is 3.33. The molecule has 1 rings (SSSR count). The summed E-state index contributed by atoms with van der Waals surface area (Å²) in [7, 11) is 1.18. The molecule has 5 nitrogen and oxygen atoms in total. The van der Waals surface area contributed by atoms with Crippen molar-refractivity contribution in [2.45, 2.75) is 19.4 Å². The van der Waals surface area contributed by atoms with Crippen molar-refractivity contribution >= 4 is 11.8 Å². The average molecular weight is 245 g/mol. The van der Waals surface area contributed by atoms with Crippen molar-refractivity contribution in [1.82, 2.24) is 4.98 Å². The van der Waals surface area contributed by atoms with Crippen LogP contribution in [0.1, 0.15) is 23.2 Å². The van der Waals surface area contributed by atoms with Gasteiger partial charge in [-0.15, -0.1) is 0 Å². The van der Waals surface area contributed by atoms with Crippen LogP contribution in [0.4, 0.5) is 14.6 Å². The monoisotopic (exact) mass is 245 g/mol. The lowest BCUT2D eigenvalue weighted by atomic mass is 10.0. The highest BCUT2D eigenvalue weighted by atomic mass is 19.3. The van der Waals surface area contributed by atoms with Gasteiger partial charge in [0.1, 0.15) is 5.82 Å². The summed E-state index contributed by atoms with van der Waals surface area (Å²) in [5.74, 6) is -0.928. The van der Waals surface area contributed by atoms with Crippen molar-refractivity contribution in [2.75, 3.05) is 12.8 Å². The van der Waals surface area contributed by atoms with E-state index in [-0.39, 0.29) is 24.3 Å². The quantitative estimate of drug-likeness (QED) is 0.765. The van der Waals surface area contributed by atoms with Gasteiger partial charge in [0.2, 0.25) is 0 Å². The first-order valence-corrected chi connectivity index (χ1v) is 4.82. The number of hydrogen-bond acceptors (Lipinski definition) is 5. The average Bonchev–Trinajstić information content (AvgIpc) is 2.27. The Morgan fingerprint density at radius 2 is 2.24 bits per heavy atom. The molecular formula is C10H13F2N3O2. The van der Waals surface area contributed by atoms with E-state index >= 15 is 0 Å². The molecule has 0 aromatic carbocycles. The lowest BCUT2D eigenvalue weighted by Crippen LogP contribution is -2.13. The summed E-state index contributed by atoms with van der Waals surface area (Å²) in [6.07, 6.45) is -3.08. The van der Waals surface area contributed by atoms with Crippen LogP contribution in [-0.2, 0) is 22.5 Å². The molecule has 7 heteroatoms. The second-order valence-corrected chi connectivity index (χ2v) is 3.33. The zero-order valence-corrected chi connectivity index (χ0v) is 9.24. The molecule has 1 heterocycles. The number of anilines is 1. The van der Waals surface area contributed by atoms with Crippen LogP contribution in [0.15, 0.2) is 6.07 Å². The number of pyridine rings is 1. The topological polar surface area (TPSA) is 91.2 Å². The van der Waals surface area contributed by atoms with Crippen molar-refractivity contribution in [2.24, 2.45) is 5.73 Å². The molecule has 0 saturated carbocycles. The molecule has 94 valence electrons. The smallest absolute Gasteiger partial charge is 0.309 e. The van der Waals surface area contributed by atoms with Crippen LogP contribution in [0.5, 0.6) is 0 Å². The largest absolute Gasteiger partial charge is 0.469 e. The Morgan fingerprint density at radius 3 is 2.71 bits per heavy atom. The molecule has 0 aliphatic rings. The van der Waals surface area contributed by atoms with E-state index in [9.17, 15) is 13.6 Å². The molecule has 0 saturated heterocycles. The number of rotatable bonds is 4. The van der Waals surface area contributed by atoms with Crippen molar-refractivity contribution in [3.63, 3.8) is 0 Å². The van der Waals surface area contributed by atoms with Gasteiger partial charge in [-0.3, -0.25) is 4.79 Å². The molecule has 17 heavy (non-hydrogen) atoms. The van der Waals surface area contributed by atoms with Crippen LogP contribution in [0.3, 0.4) is 0 Å². The zero-order valence-electron chi connectivity index (χ0n) is 9.24. The molecule has 1 aromatic rings. The molecule has 0 fully saturated rings. The minimum atomic E-state index is -2.80. The first-order valence-electron chi connectivity index (χ1n) is 4.82. The number of alkyl halides is 2. The number of hydrogen-bond donors (Lipinski definition) is 2. The number of aromatic nitrogens is 1. The predicted octanol–water partition coefficient (Wildman–Crippen LogP) is 0.776. The van der Waals surface area contributed by atoms with Gasteiger partial charge in [-0.2, -0.15) is 0 Å². The number of halogens is 2. The third kappa shape index (κ3) is 3.10. The normalized spacial score (nSPS) is 10.6. The van der Waals surface area contributed by atoms with Gasteiger partial charge in [-0.1, -0.05) is 0 Å². The summed E-state index contributed by atoms with van der Waals surface area (Å²) in [4.78, 5) is 14.8. The second kappa shape index (κ2) is 5.53. The molecule has 0 unspecified atom stereocenters. The molecule has 0 radical (unpaired) electrons. The molecule has 0 aliphatic carbocycles. The van der Waals surface area contributed by atoms with Gasteiger partial charge in [-0.25, -0.2) is 13.8 Å². The highest BCUT2D eigenvalue weighted by Gasteiger charge is 2.20. The van der Waals surface area contributed by atoms with Gasteiger partial charge < -0.3 is 16.2 Å². The SMILES string of the molecule is COC(=O)Cc1cc(CN)nc(N)c1C(F)F. The number of esters is 1. The van der Waals surface area contributed by atoms with E-state index in [1.165, 1.54) is 13.2 Å². The number of nitrogens with zero attached hydrogens (tertiary/aromatic N) is 1. The van der Waals surface area contributed by atoms with Crippen LogP contribution in [0, 0.1) is 0 Å². The highest BCUT2D eigenvalue weighted by Crippen LogP contribution is 2.28. The minimum absolute atomic E-state index is 0.0574. The lowest BCUT2D eigenvalue weighted by Gasteiger charge is -2.12. The van der Waals surface area contributed by atoms with Crippen LogP contribution in [-0.4, -0.2) is 18.1 Å². The van der Waals surface area contributed by atoms with Crippen LogP contribution < -0.4 is 11.5 Å². The summed E-state index contributed by atoms with van der Waals surface area (Å²) < 4.78 is 30.0. The Hall–Kier alpha value is -1.76. The van der Waals surface area contributed by atoms with Gasteiger partial charge >= 0.3 is 5.97 Å². The van der Waals surface area contributed by atoms with Gasteiger partial charge in [0.05, 0.1) is 24.8 Å². The number of methoxy groups -OCH3 is 1. The number of nitrogens with two attached hydrogens (primary N) is 2. The maximum atomic E-state index is 12.8. The molecule has 0 bridgehead atoms. The van der Waals surface area contributed by atoms with E-state index in [1.807, 2.05) is 0 Å². The number of ether oxygens (including phenoxy) is 1. The van der Waals surface area contributed by atoms with Crippen molar-refractivity contribution < 1.29 is 18.3 Å². The van der Waals surface area contributed by atoms with E-state index in [4.69, 9.17) is 11.5 Å². The third-order valence-corrected chi connectivity index (χ3v) is 2.22. The van der Waals surface area contributed by atoms with E-state index in [0.29, 0.717) is 5.69 Å². The van der Waals surface area contributed by atoms with Crippen LogP contribution in [0.25, 0.3) is 0 Å². The summed E-state index contributed by atoms with van der Waals surface area (Å²) in [5.41, 5.74) is 10.8. The van der Waals surface area contributed by atoms with Gasteiger partial charge in [-0.05, 0) is 11.6 Å². The number of nitrogen functional groups attached to an aromatic ring is 1. The van der Waals surface area contributed by atoms with Crippen molar-refractivity contribution in [3.8, 4) is 0 Å². The zero-order chi connectivity index (χ0) is 13.0. The third-order valence-electron chi connectivity index (χ3n) is 2.22. The Kier molecular flexibility index (Phi) is 4.33. The van der Waals surface area contributed by atoms with E-state index in [2.05, 4.69) is 9.72 Å². The molecule has 1 aromatic heterocycles. The summed E-state index contributed by atoms with van der Waals surface area (Å²) in [6.45, 7) is 0.0574. The molecule has 0 aliphatic heterocycles. The molecule has 0 spiro atoms. The standard InChI is InChI=1S/C10H13F2N3O2/c1-17-7(16)3-5-2-6(4-13)15-10(14)8(5)9(11)12/h2,9H,3-4,13H2,1H3,(H2,14,15). The fourth-order valence-electron chi connectivity index (χ4n) is 1.42. The lowest BCUT2D eigenvalue weighted by molar-refractivity contribution is -0.139. The van der Waals surface area contributed by atoms with Gasteiger partial charge in [0, 0.05) is 6.54 Å². The van der Waals surface area contributed by atoms with Crippen LogP contribution in [0.2, 0.25) is 0 Å². The van der Waals surface area contributed by atoms with Crippen molar-refractivity contribution in [3.05, 3.63) is 22.9 Å². The highest BCUT2D eigenvalue weighted by molar-refractivity contribution is 5.73. The van der Waals surface area contributed by atoms with E-state index in [0.717, 1.165) is 0 Å². The van der Waals surface area contributed by atoms with Crippen LogP contribution >= 0.6 is 0 Å². The molecule has 0 amide bonds. The van der Waals surface area contributed by atoms with Crippen molar-refractivity contribution in [1.29, 1.82) is 0 Å². The Balaban J connectivity index is 3.22. The molecule has 0 atom stereocenters. The van der Waals surface area contributed by atoms with Gasteiger partial charge in [0.25, 0.3) is 6.43 Å². The fourth-order valence-corrected chi connectivity index (χ4v) is 1.42. The molecule has 4 N–H and O–H groups in total. The summed E-state index contributed by atoms with van der Waals surface area (Å²) in [6, 6.07) is 1.34. The predicted molar refractivity (Wildman–Crippen MR) is 57.2 cm³/mol. The first-order chi connectivity index (χ1) is 7.99.